The number of nitrogens with zero attached hydrogens (tertiary/aromatic N) is 2. The van der Waals surface area contributed by atoms with Crippen LogP contribution in [0.5, 0.6) is 0 Å². The molecular weight excluding hydrogens is 509 g/mol. The Morgan fingerprint density at radius 1 is 1.03 bits per heavy atom. The fraction of sp³-hybridized carbons (Fsp3) is 0.440. The fourth-order valence-corrected chi connectivity index (χ4v) is 4.96. The Hall–Kier alpha value is -2.29. The molecule has 2 amide bonds. The number of sulfonamides is 1. The molecule has 0 bridgehead atoms. The predicted molar refractivity (Wildman–Crippen MR) is 142 cm³/mol. The molecule has 192 valence electrons. The van der Waals surface area contributed by atoms with Gasteiger partial charge in [0.1, 0.15) is 12.6 Å². The van der Waals surface area contributed by atoms with Crippen LogP contribution in [0.1, 0.15) is 43.9 Å². The van der Waals surface area contributed by atoms with E-state index in [1.165, 1.54) is 4.90 Å². The average molecular weight is 543 g/mol. The summed E-state index contributed by atoms with van der Waals surface area (Å²) < 4.78 is 26.5. The zero-order valence-electron chi connectivity index (χ0n) is 20.9. The van der Waals surface area contributed by atoms with Crippen molar-refractivity contribution in [2.24, 2.45) is 0 Å². The van der Waals surface area contributed by atoms with Gasteiger partial charge in [-0.05, 0) is 69.5 Å². The third-order valence-electron chi connectivity index (χ3n) is 5.73. The summed E-state index contributed by atoms with van der Waals surface area (Å²) in [5.74, 6) is -0.912. The zero-order chi connectivity index (χ0) is 26.5. The summed E-state index contributed by atoms with van der Waals surface area (Å²) in [7, 11) is -3.81. The van der Waals surface area contributed by atoms with E-state index in [1.54, 1.807) is 37.3 Å². The van der Waals surface area contributed by atoms with Crippen molar-refractivity contribution in [3.63, 3.8) is 0 Å². The third-order valence-corrected chi connectivity index (χ3v) is 7.58. The maximum atomic E-state index is 13.6. The van der Waals surface area contributed by atoms with E-state index in [0.29, 0.717) is 21.3 Å². The topological polar surface area (TPSA) is 86.8 Å². The lowest BCUT2D eigenvalue weighted by atomic mass is 10.1. The smallest absolute Gasteiger partial charge is 0.244 e. The molecular formula is C25H33Cl2N3O4S. The Kier molecular flexibility index (Phi) is 10.0. The highest BCUT2D eigenvalue weighted by Crippen LogP contribution is 2.27. The Bertz CT molecular complexity index is 1150. The van der Waals surface area contributed by atoms with Crippen molar-refractivity contribution in [3.05, 3.63) is 63.1 Å². The van der Waals surface area contributed by atoms with Crippen molar-refractivity contribution in [1.82, 2.24) is 10.2 Å². The van der Waals surface area contributed by atoms with Crippen molar-refractivity contribution in [2.45, 2.75) is 59.7 Å². The number of rotatable bonds is 10. The molecule has 0 spiro atoms. The third kappa shape index (κ3) is 7.85. The first kappa shape index (κ1) is 28.9. The fourth-order valence-electron chi connectivity index (χ4n) is 3.61. The van der Waals surface area contributed by atoms with Gasteiger partial charge in [-0.15, -0.1) is 0 Å². The lowest BCUT2D eigenvalue weighted by Gasteiger charge is -2.32. The lowest BCUT2D eigenvalue weighted by Crippen LogP contribution is -2.52. The van der Waals surface area contributed by atoms with E-state index in [-0.39, 0.29) is 18.5 Å². The number of carbonyl (C=O) groups excluding carboxylic acids is 2. The highest BCUT2D eigenvalue weighted by Gasteiger charge is 2.31. The number of aryl methyl sites for hydroxylation is 2. The minimum atomic E-state index is -3.81. The number of benzene rings is 2. The first-order valence-electron chi connectivity index (χ1n) is 11.3. The molecule has 1 N–H and O–H groups in total. The molecule has 2 unspecified atom stereocenters. The summed E-state index contributed by atoms with van der Waals surface area (Å²) in [4.78, 5) is 27.9. The molecule has 2 rings (SSSR count). The molecule has 2 aromatic rings. The number of anilines is 1. The van der Waals surface area contributed by atoms with Crippen LogP contribution >= 0.6 is 23.2 Å². The van der Waals surface area contributed by atoms with Gasteiger partial charge in [-0.25, -0.2) is 8.42 Å². The van der Waals surface area contributed by atoms with E-state index in [9.17, 15) is 18.0 Å². The molecule has 2 atom stereocenters. The summed E-state index contributed by atoms with van der Waals surface area (Å²) in [6.07, 6.45) is 1.77. The first-order valence-corrected chi connectivity index (χ1v) is 13.9. The van der Waals surface area contributed by atoms with Crippen molar-refractivity contribution in [3.8, 4) is 0 Å². The van der Waals surface area contributed by atoms with Gasteiger partial charge in [0.25, 0.3) is 0 Å². The summed E-state index contributed by atoms with van der Waals surface area (Å²) >= 11 is 12.7. The minimum Gasteiger partial charge on any atom is -0.352 e. The zero-order valence-corrected chi connectivity index (χ0v) is 23.3. The van der Waals surface area contributed by atoms with Gasteiger partial charge < -0.3 is 10.2 Å². The molecule has 2 aromatic carbocycles. The van der Waals surface area contributed by atoms with E-state index in [4.69, 9.17) is 23.2 Å². The molecule has 7 nitrogen and oxygen atoms in total. The van der Waals surface area contributed by atoms with Gasteiger partial charge >= 0.3 is 0 Å². The quantitative estimate of drug-likeness (QED) is 0.471. The molecule has 0 fully saturated rings. The number of hydrogen-bond acceptors (Lipinski definition) is 4. The van der Waals surface area contributed by atoms with E-state index in [2.05, 4.69) is 5.32 Å². The maximum Gasteiger partial charge on any atom is 0.244 e. The normalized spacial score (nSPS) is 13.1. The van der Waals surface area contributed by atoms with Crippen LogP contribution in [0.2, 0.25) is 10.0 Å². The summed E-state index contributed by atoms with van der Waals surface area (Å²) in [5.41, 5.74) is 2.58. The second-order valence-corrected chi connectivity index (χ2v) is 11.6. The van der Waals surface area contributed by atoms with Gasteiger partial charge in [-0.3, -0.25) is 13.9 Å². The van der Waals surface area contributed by atoms with Crippen molar-refractivity contribution >= 4 is 50.7 Å². The van der Waals surface area contributed by atoms with Crippen LogP contribution < -0.4 is 9.62 Å². The van der Waals surface area contributed by atoms with Gasteiger partial charge in [0.2, 0.25) is 21.8 Å². The van der Waals surface area contributed by atoms with E-state index in [0.717, 1.165) is 28.1 Å². The van der Waals surface area contributed by atoms with Gasteiger partial charge in [0.15, 0.2) is 0 Å². The second-order valence-electron chi connectivity index (χ2n) is 8.83. The number of nitrogens with one attached hydrogen (secondary N) is 1. The maximum absolute atomic E-state index is 13.6. The molecule has 0 saturated carbocycles. The van der Waals surface area contributed by atoms with Gasteiger partial charge in [-0.2, -0.15) is 0 Å². The molecule has 0 radical (unpaired) electrons. The van der Waals surface area contributed by atoms with E-state index in [1.807, 2.05) is 33.8 Å². The largest absolute Gasteiger partial charge is 0.352 e. The van der Waals surface area contributed by atoms with Gasteiger partial charge in [0.05, 0.1) is 11.9 Å². The molecule has 0 saturated heterocycles. The van der Waals surface area contributed by atoms with Crippen LogP contribution in [-0.2, 0) is 26.2 Å². The highest BCUT2D eigenvalue weighted by molar-refractivity contribution is 7.92. The molecule has 0 heterocycles. The molecule has 35 heavy (non-hydrogen) atoms. The van der Waals surface area contributed by atoms with Gasteiger partial charge in [0, 0.05) is 28.2 Å². The molecule has 0 aliphatic heterocycles. The predicted octanol–water partition coefficient (Wildman–Crippen LogP) is 4.71. The van der Waals surface area contributed by atoms with Crippen LogP contribution in [0.4, 0.5) is 5.69 Å². The molecule has 0 aliphatic rings. The van der Waals surface area contributed by atoms with Crippen molar-refractivity contribution in [1.29, 1.82) is 0 Å². The number of amides is 2. The second kappa shape index (κ2) is 12.1. The van der Waals surface area contributed by atoms with E-state index < -0.39 is 28.5 Å². The van der Waals surface area contributed by atoms with Crippen LogP contribution in [0.15, 0.2) is 36.4 Å². The SMILES string of the molecule is CCC(C)NC(=O)C(C)N(Cc1c(Cl)cccc1Cl)C(=O)CN(c1cc(C)cc(C)c1)S(C)(=O)=O. The Morgan fingerprint density at radius 2 is 1.57 bits per heavy atom. The number of halogens is 2. The molecule has 0 aromatic heterocycles. The number of carbonyl (C=O) groups is 2. The molecule has 0 aliphatic carbocycles. The first-order chi connectivity index (χ1) is 16.2. The summed E-state index contributed by atoms with van der Waals surface area (Å²) in [6.45, 7) is 8.57. The van der Waals surface area contributed by atoms with Gasteiger partial charge in [-0.1, -0.05) is 42.3 Å². The molecule has 10 heteroatoms. The lowest BCUT2D eigenvalue weighted by molar-refractivity contribution is -0.139. The van der Waals surface area contributed by atoms with Crippen LogP contribution in [0, 0.1) is 13.8 Å². The summed E-state index contributed by atoms with van der Waals surface area (Å²) in [6, 6.07) is 9.31. The Morgan fingerprint density at radius 3 is 2.06 bits per heavy atom. The standard InChI is InChI=1S/C25H33Cl2N3O4S/c1-7-18(4)28-25(32)19(5)29(14-21-22(26)9-8-10-23(21)27)24(31)15-30(35(6,33)34)20-12-16(2)11-17(3)13-20/h8-13,18-19H,7,14-15H2,1-6H3,(H,28,32). The average Bonchev–Trinajstić information content (AvgIpc) is 2.75. The monoisotopic (exact) mass is 541 g/mol. The number of hydrogen-bond donors (Lipinski definition) is 1. The minimum absolute atomic E-state index is 0.0587. The van der Waals surface area contributed by atoms with Crippen LogP contribution in [0.3, 0.4) is 0 Å². The Balaban J connectivity index is 2.48. The van der Waals surface area contributed by atoms with Crippen molar-refractivity contribution < 1.29 is 18.0 Å². The van der Waals surface area contributed by atoms with E-state index >= 15 is 0 Å². The summed E-state index contributed by atoms with van der Waals surface area (Å²) in [5, 5.41) is 3.57. The van der Waals surface area contributed by atoms with Crippen molar-refractivity contribution in [2.75, 3.05) is 17.1 Å². The van der Waals surface area contributed by atoms with Crippen LogP contribution in [0.25, 0.3) is 0 Å². The van der Waals surface area contributed by atoms with Crippen LogP contribution in [-0.4, -0.2) is 50.0 Å². The Labute approximate surface area is 218 Å². The highest BCUT2D eigenvalue weighted by atomic mass is 35.5.